The van der Waals surface area contributed by atoms with Gasteiger partial charge < -0.3 is 9.90 Å². The van der Waals surface area contributed by atoms with Crippen LogP contribution in [0.4, 0.5) is 13.2 Å². The highest BCUT2D eigenvalue weighted by Crippen LogP contribution is 2.26. The summed E-state index contributed by atoms with van der Waals surface area (Å²) in [6.07, 6.45) is -5.19. The summed E-state index contributed by atoms with van der Waals surface area (Å²) in [5, 5.41) is 8.78. The van der Waals surface area contributed by atoms with E-state index in [1.54, 1.807) is 48.5 Å². The van der Waals surface area contributed by atoms with E-state index in [9.17, 15) is 22.8 Å². The maximum Gasteiger partial charge on any atom is 0.430 e. The number of carboxylic acids is 1. The summed E-state index contributed by atoms with van der Waals surface area (Å²) >= 11 is 0. The van der Waals surface area contributed by atoms with Crippen molar-refractivity contribution in [1.29, 1.82) is 0 Å². The maximum absolute atomic E-state index is 12.1. The summed E-state index contributed by atoms with van der Waals surface area (Å²) < 4.78 is 31.5. The highest BCUT2D eigenvalue weighted by molar-refractivity contribution is 6.28. The van der Waals surface area contributed by atoms with E-state index in [4.69, 9.17) is 9.90 Å². The molecule has 0 radical (unpaired) electrons. The monoisotopic (exact) mass is 321 g/mol. The highest BCUT2D eigenvalue weighted by atomic mass is 19.4. The van der Waals surface area contributed by atoms with E-state index in [0.29, 0.717) is 22.3 Å². The van der Waals surface area contributed by atoms with Gasteiger partial charge in [-0.1, -0.05) is 48.5 Å². The molecule has 23 heavy (non-hydrogen) atoms. The van der Waals surface area contributed by atoms with E-state index in [0.717, 1.165) is 0 Å². The Morgan fingerprint density at radius 2 is 0.957 bits per heavy atom. The third-order valence-corrected chi connectivity index (χ3v) is 3.06. The number of aliphatic carboxylic acids is 1. The van der Waals surface area contributed by atoms with Crippen LogP contribution < -0.4 is 5.11 Å². The molecule has 0 spiro atoms. The molecule has 0 unspecified atom stereocenters. The van der Waals surface area contributed by atoms with Crippen molar-refractivity contribution in [2.24, 2.45) is 0 Å². The molecule has 2 aromatic rings. The number of fused-ring (bicyclic) bond motifs is 2. The molecule has 0 atom stereocenters. The Balaban J connectivity index is 0.000000236. The number of carboxylic acid groups (broad SMARTS) is 1. The number of halogens is 3. The van der Waals surface area contributed by atoms with Crippen LogP contribution in [0.15, 0.2) is 48.5 Å². The van der Waals surface area contributed by atoms with Crippen molar-refractivity contribution >= 4 is 17.5 Å². The molecule has 0 bridgehead atoms. The van der Waals surface area contributed by atoms with E-state index in [-0.39, 0.29) is 11.6 Å². The second-order valence-electron chi connectivity index (χ2n) is 4.53. The average Bonchev–Trinajstić information content (AvgIpc) is 2.52. The summed E-state index contributed by atoms with van der Waals surface area (Å²) in [5.41, 5.74) is 2.02. The Kier molecular flexibility index (Phi) is 4.31. The van der Waals surface area contributed by atoms with Gasteiger partial charge in [0.1, 0.15) is 5.97 Å². The van der Waals surface area contributed by atoms with Gasteiger partial charge in [0, 0.05) is 22.3 Å². The molecule has 0 N–H and O–H groups in total. The molecule has 4 nitrogen and oxygen atoms in total. The first-order chi connectivity index (χ1) is 10.7. The molecule has 0 fully saturated rings. The number of hydrogen-bond donors (Lipinski definition) is 0. The molecule has 0 aliphatic heterocycles. The van der Waals surface area contributed by atoms with Crippen LogP contribution in [0.25, 0.3) is 0 Å². The smallest absolute Gasteiger partial charge is 0.430 e. The van der Waals surface area contributed by atoms with Crippen LogP contribution in [0, 0.1) is 0 Å². The third-order valence-electron chi connectivity index (χ3n) is 3.06. The van der Waals surface area contributed by atoms with Gasteiger partial charge in [0.2, 0.25) is 0 Å². The molecule has 118 valence electrons. The van der Waals surface area contributed by atoms with Gasteiger partial charge in [-0.05, 0) is 0 Å². The first kappa shape index (κ1) is 16.4. The first-order valence-corrected chi connectivity index (χ1v) is 6.29. The highest BCUT2D eigenvalue weighted by Gasteiger charge is 2.29. The van der Waals surface area contributed by atoms with Crippen molar-refractivity contribution in [2.45, 2.75) is 6.18 Å². The SMILES string of the molecule is O=C([O-])C(F)(F)F.O=C1c2ccccc2C(=O)c2ccccc21. The van der Waals surface area contributed by atoms with Crippen LogP contribution in [0.1, 0.15) is 31.8 Å². The topological polar surface area (TPSA) is 74.3 Å². The number of carbonyl (C=O) groups is 3. The molecule has 0 saturated carbocycles. The quantitative estimate of drug-likeness (QED) is 0.632. The fourth-order valence-corrected chi connectivity index (χ4v) is 2.05. The van der Waals surface area contributed by atoms with Gasteiger partial charge in [0.15, 0.2) is 11.6 Å². The number of rotatable bonds is 0. The molecule has 2 aromatic carbocycles. The van der Waals surface area contributed by atoms with Gasteiger partial charge in [0.25, 0.3) is 0 Å². The summed E-state index contributed by atoms with van der Waals surface area (Å²) in [4.78, 5) is 33.0. The number of benzene rings is 2. The molecular weight excluding hydrogens is 313 g/mol. The second-order valence-corrected chi connectivity index (χ2v) is 4.53. The van der Waals surface area contributed by atoms with Crippen LogP contribution in [-0.2, 0) is 4.79 Å². The fraction of sp³-hybridized carbons (Fsp3) is 0.0625. The molecule has 7 heteroatoms. The van der Waals surface area contributed by atoms with Crippen LogP contribution >= 0.6 is 0 Å². The predicted molar refractivity (Wildman–Crippen MR) is 70.8 cm³/mol. The van der Waals surface area contributed by atoms with Crippen molar-refractivity contribution in [2.75, 3.05) is 0 Å². The summed E-state index contributed by atoms with van der Waals surface area (Å²) in [6, 6.07) is 13.9. The molecule has 1 aliphatic carbocycles. The summed E-state index contributed by atoms with van der Waals surface area (Å²) in [5.74, 6) is -3.14. The molecule has 1 aliphatic rings. The van der Waals surface area contributed by atoms with Gasteiger partial charge >= 0.3 is 6.18 Å². The Labute approximate surface area is 128 Å². The zero-order valence-electron chi connectivity index (χ0n) is 11.4. The Bertz CT molecular complexity index is 688. The predicted octanol–water partition coefficient (Wildman–Crippen LogP) is 1.76. The van der Waals surface area contributed by atoms with E-state index < -0.39 is 12.1 Å². The molecule has 0 saturated heterocycles. The van der Waals surface area contributed by atoms with Crippen molar-refractivity contribution in [1.82, 2.24) is 0 Å². The summed E-state index contributed by atoms with van der Waals surface area (Å²) in [7, 11) is 0. The maximum atomic E-state index is 12.1. The largest absolute Gasteiger partial charge is 0.542 e. The molecule has 0 heterocycles. The normalized spacial score (nSPS) is 12.7. The van der Waals surface area contributed by atoms with E-state index in [1.807, 2.05) is 0 Å². The van der Waals surface area contributed by atoms with E-state index in [1.165, 1.54) is 0 Å². The first-order valence-electron chi connectivity index (χ1n) is 6.29. The Morgan fingerprint density at radius 3 is 1.13 bits per heavy atom. The number of carbonyl (C=O) groups excluding carboxylic acids is 3. The lowest BCUT2D eigenvalue weighted by Crippen LogP contribution is -2.37. The van der Waals surface area contributed by atoms with Crippen LogP contribution in [0.3, 0.4) is 0 Å². The van der Waals surface area contributed by atoms with Crippen molar-refractivity contribution in [3.8, 4) is 0 Å². The minimum atomic E-state index is -5.19. The van der Waals surface area contributed by atoms with Crippen molar-refractivity contribution < 1.29 is 32.7 Å². The van der Waals surface area contributed by atoms with Crippen LogP contribution in [-0.4, -0.2) is 23.7 Å². The molecule has 0 aromatic heterocycles. The lowest BCUT2D eigenvalue weighted by molar-refractivity contribution is -0.344. The standard InChI is InChI=1S/C14H8O2.C2HF3O2/c15-13-9-5-1-2-6-10(9)14(16)12-8-4-3-7-11(12)13;3-2(4,5)1(6)7/h1-8H;(H,6,7)/p-1. The zero-order valence-corrected chi connectivity index (χ0v) is 11.4. The minimum Gasteiger partial charge on any atom is -0.542 e. The van der Waals surface area contributed by atoms with Crippen molar-refractivity contribution in [3.05, 3.63) is 70.8 Å². The van der Waals surface area contributed by atoms with Gasteiger partial charge in [-0.2, -0.15) is 13.2 Å². The Morgan fingerprint density at radius 1 is 0.739 bits per heavy atom. The fourth-order valence-electron chi connectivity index (χ4n) is 2.05. The van der Waals surface area contributed by atoms with Crippen LogP contribution in [0.2, 0.25) is 0 Å². The van der Waals surface area contributed by atoms with E-state index in [2.05, 4.69) is 0 Å². The number of ketones is 2. The number of alkyl halides is 3. The molecular formula is C16H8F3O4-. The average molecular weight is 321 g/mol. The zero-order chi connectivity index (χ0) is 17.2. The molecule has 0 amide bonds. The van der Waals surface area contributed by atoms with Crippen molar-refractivity contribution in [3.63, 3.8) is 0 Å². The van der Waals surface area contributed by atoms with Gasteiger partial charge in [-0.25, -0.2) is 0 Å². The van der Waals surface area contributed by atoms with Gasteiger partial charge in [-0.3, -0.25) is 9.59 Å². The lowest BCUT2D eigenvalue weighted by atomic mass is 9.84. The third kappa shape index (κ3) is 3.28. The number of hydrogen-bond acceptors (Lipinski definition) is 4. The van der Waals surface area contributed by atoms with Gasteiger partial charge in [0.05, 0.1) is 0 Å². The van der Waals surface area contributed by atoms with Gasteiger partial charge in [-0.15, -0.1) is 0 Å². The molecule has 3 rings (SSSR count). The van der Waals surface area contributed by atoms with E-state index >= 15 is 0 Å². The van der Waals surface area contributed by atoms with Crippen LogP contribution in [0.5, 0.6) is 0 Å². The minimum absolute atomic E-state index is 0.0641. The Hall–Kier alpha value is -2.96. The second kappa shape index (κ2) is 6.04. The lowest BCUT2D eigenvalue weighted by Gasteiger charge is -2.16. The summed E-state index contributed by atoms with van der Waals surface area (Å²) in [6.45, 7) is 0.